The molecule has 0 saturated heterocycles. The van der Waals surface area contributed by atoms with E-state index < -0.39 is 0 Å². The van der Waals surface area contributed by atoms with E-state index in [-0.39, 0.29) is 10.8 Å². The van der Waals surface area contributed by atoms with Crippen LogP contribution in [-0.4, -0.2) is 9.97 Å². The number of rotatable bonds is 3. The summed E-state index contributed by atoms with van der Waals surface area (Å²) < 4.78 is 0. The average Bonchev–Trinajstić information content (AvgIpc) is 2.79. The summed E-state index contributed by atoms with van der Waals surface area (Å²) >= 11 is 0. The van der Waals surface area contributed by atoms with Gasteiger partial charge in [0.1, 0.15) is 0 Å². The molecule has 0 saturated carbocycles. The van der Waals surface area contributed by atoms with Crippen LogP contribution in [0.1, 0.15) is 38.8 Å². The first-order valence-corrected chi connectivity index (χ1v) is 10.8. The minimum absolute atomic E-state index is 0.00417. The van der Waals surface area contributed by atoms with E-state index in [1.54, 1.807) is 0 Å². The van der Waals surface area contributed by atoms with Gasteiger partial charge in [0, 0.05) is 40.3 Å². The highest BCUT2D eigenvalue weighted by Crippen LogP contribution is 2.53. The number of fused-ring (bicyclic) bond motifs is 3. The highest BCUT2D eigenvalue weighted by atomic mass is 14.9. The van der Waals surface area contributed by atoms with E-state index >= 15 is 0 Å². The Bertz CT molecular complexity index is 1260. The molecule has 2 aromatic heterocycles. The SMILES string of the molecule is CC1(C)c2ccc(Nc3cccc(-c4ccccn4)c3)cc2-c2ncccc2C1(C)C. The minimum atomic E-state index is -0.00441. The van der Waals surface area contributed by atoms with Crippen molar-refractivity contribution >= 4 is 11.4 Å². The first-order valence-electron chi connectivity index (χ1n) is 10.8. The molecule has 2 heterocycles. The van der Waals surface area contributed by atoms with Crippen LogP contribution in [0.4, 0.5) is 11.4 Å². The van der Waals surface area contributed by atoms with Gasteiger partial charge >= 0.3 is 0 Å². The fourth-order valence-corrected chi connectivity index (χ4v) is 4.62. The molecule has 1 aliphatic carbocycles. The summed E-state index contributed by atoms with van der Waals surface area (Å²) in [5.41, 5.74) is 9.11. The molecular weight excluding hydrogens is 378 g/mol. The Morgan fingerprint density at radius 1 is 0.645 bits per heavy atom. The van der Waals surface area contributed by atoms with E-state index in [0.29, 0.717) is 0 Å². The Labute approximate surface area is 184 Å². The summed E-state index contributed by atoms with van der Waals surface area (Å²) in [5, 5.41) is 3.59. The number of pyridine rings is 2. The maximum atomic E-state index is 4.79. The Morgan fingerprint density at radius 2 is 1.42 bits per heavy atom. The van der Waals surface area contributed by atoms with Gasteiger partial charge in [-0.05, 0) is 59.0 Å². The summed E-state index contributed by atoms with van der Waals surface area (Å²) in [5.74, 6) is 0. The summed E-state index contributed by atoms with van der Waals surface area (Å²) in [6, 6.07) is 25.3. The Morgan fingerprint density at radius 3 is 2.23 bits per heavy atom. The molecular formula is C28H27N3. The van der Waals surface area contributed by atoms with Crippen molar-refractivity contribution in [2.75, 3.05) is 5.32 Å². The van der Waals surface area contributed by atoms with E-state index in [2.05, 4.69) is 86.5 Å². The third-order valence-corrected chi connectivity index (χ3v) is 7.10. The summed E-state index contributed by atoms with van der Waals surface area (Å²) in [7, 11) is 0. The molecule has 0 spiro atoms. The molecule has 0 fully saturated rings. The first-order chi connectivity index (χ1) is 14.9. The highest BCUT2D eigenvalue weighted by molar-refractivity contribution is 5.79. The van der Waals surface area contributed by atoms with Gasteiger partial charge in [-0.1, -0.05) is 58.0 Å². The van der Waals surface area contributed by atoms with Crippen LogP contribution in [0.5, 0.6) is 0 Å². The second-order valence-corrected chi connectivity index (χ2v) is 9.33. The average molecular weight is 406 g/mol. The molecule has 4 aromatic rings. The number of nitrogens with one attached hydrogen (secondary N) is 1. The maximum Gasteiger partial charge on any atom is 0.0743 e. The molecule has 1 aliphatic rings. The second kappa shape index (κ2) is 7.05. The fourth-order valence-electron chi connectivity index (χ4n) is 4.62. The molecule has 154 valence electrons. The van der Waals surface area contributed by atoms with Gasteiger partial charge in [0.05, 0.1) is 11.4 Å². The quantitative estimate of drug-likeness (QED) is 0.394. The molecule has 0 radical (unpaired) electrons. The van der Waals surface area contributed by atoms with Gasteiger partial charge in [-0.25, -0.2) is 0 Å². The number of anilines is 2. The molecule has 5 rings (SSSR count). The van der Waals surface area contributed by atoms with Crippen LogP contribution in [0.25, 0.3) is 22.5 Å². The van der Waals surface area contributed by atoms with E-state index in [9.17, 15) is 0 Å². The van der Waals surface area contributed by atoms with Crippen LogP contribution in [0, 0.1) is 0 Å². The van der Waals surface area contributed by atoms with Gasteiger partial charge in [-0.3, -0.25) is 9.97 Å². The van der Waals surface area contributed by atoms with Crippen LogP contribution in [-0.2, 0) is 10.8 Å². The highest BCUT2D eigenvalue weighted by Gasteiger charge is 2.46. The van der Waals surface area contributed by atoms with E-state index in [0.717, 1.165) is 28.3 Å². The lowest BCUT2D eigenvalue weighted by atomic mass is 9.56. The first kappa shape index (κ1) is 19.5. The topological polar surface area (TPSA) is 37.8 Å². The monoisotopic (exact) mass is 405 g/mol. The molecule has 0 bridgehead atoms. The van der Waals surface area contributed by atoms with Gasteiger partial charge in [0.25, 0.3) is 0 Å². The Kier molecular flexibility index (Phi) is 4.44. The molecule has 2 aromatic carbocycles. The summed E-state index contributed by atoms with van der Waals surface area (Å²) in [6.07, 6.45) is 3.72. The summed E-state index contributed by atoms with van der Waals surface area (Å²) in [4.78, 5) is 9.26. The number of nitrogens with zero attached hydrogens (tertiary/aromatic N) is 2. The zero-order chi connectivity index (χ0) is 21.6. The van der Waals surface area contributed by atoms with Crippen molar-refractivity contribution < 1.29 is 0 Å². The van der Waals surface area contributed by atoms with E-state index in [1.807, 2.05) is 36.7 Å². The molecule has 31 heavy (non-hydrogen) atoms. The third-order valence-electron chi connectivity index (χ3n) is 7.10. The normalized spacial score (nSPS) is 15.6. The lowest BCUT2D eigenvalue weighted by Crippen LogP contribution is -2.43. The van der Waals surface area contributed by atoms with Crippen molar-refractivity contribution in [3.8, 4) is 22.5 Å². The number of hydrogen-bond acceptors (Lipinski definition) is 3. The van der Waals surface area contributed by atoms with Crippen LogP contribution >= 0.6 is 0 Å². The van der Waals surface area contributed by atoms with Gasteiger partial charge in [0.15, 0.2) is 0 Å². The maximum absolute atomic E-state index is 4.79. The molecule has 0 atom stereocenters. The molecule has 3 nitrogen and oxygen atoms in total. The van der Waals surface area contributed by atoms with Crippen LogP contribution < -0.4 is 5.32 Å². The largest absolute Gasteiger partial charge is 0.355 e. The standard InChI is InChI=1S/C28H27N3/c1-27(2)23-14-13-21(18-22(23)26-24(28(27,3)4)11-8-16-30-26)31-20-10-7-9-19(17-20)25-12-5-6-15-29-25/h5-18,31H,1-4H3. The summed E-state index contributed by atoms with van der Waals surface area (Å²) in [6.45, 7) is 9.33. The minimum Gasteiger partial charge on any atom is -0.355 e. The lowest BCUT2D eigenvalue weighted by molar-refractivity contribution is 0.298. The van der Waals surface area contributed by atoms with E-state index in [4.69, 9.17) is 4.98 Å². The zero-order valence-corrected chi connectivity index (χ0v) is 18.5. The number of aromatic nitrogens is 2. The van der Waals surface area contributed by atoms with Gasteiger partial charge in [-0.2, -0.15) is 0 Å². The second-order valence-electron chi connectivity index (χ2n) is 9.33. The van der Waals surface area contributed by atoms with Gasteiger partial charge < -0.3 is 5.32 Å². The molecule has 0 aliphatic heterocycles. The molecule has 3 heteroatoms. The molecule has 0 amide bonds. The van der Waals surface area contributed by atoms with Crippen LogP contribution in [0.15, 0.2) is 85.2 Å². The van der Waals surface area contributed by atoms with E-state index in [1.165, 1.54) is 16.7 Å². The predicted molar refractivity (Wildman–Crippen MR) is 129 cm³/mol. The van der Waals surface area contributed by atoms with Crippen LogP contribution in [0.3, 0.4) is 0 Å². The van der Waals surface area contributed by atoms with Crippen LogP contribution in [0.2, 0.25) is 0 Å². The lowest BCUT2D eigenvalue weighted by Gasteiger charge is -2.47. The predicted octanol–water partition coefficient (Wildman–Crippen LogP) is 7.12. The van der Waals surface area contributed by atoms with Crippen molar-refractivity contribution in [2.24, 2.45) is 0 Å². The number of benzene rings is 2. The zero-order valence-electron chi connectivity index (χ0n) is 18.5. The van der Waals surface area contributed by atoms with Crippen molar-refractivity contribution in [3.05, 3.63) is 96.3 Å². The Balaban J connectivity index is 1.55. The molecule has 1 N–H and O–H groups in total. The number of hydrogen-bond donors (Lipinski definition) is 1. The van der Waals surface area contributed by atoms with Crippen molar-refractivity contribution in [1.29, 1.82) is 0 Å². The van der Waals surface area contributed by atoms with Crippen molar-refractivity contribution in [1.82, 2.24) is 9.97 Å². The van der Waals surface area contributed by atoms with Gasteiger partial charge in [0.2, 0.25) is 0 Å². The van der Waals surface area contributed by atoms with Crippen molar-refractivity contribution in [3.63, 3.8) is 0 Å². The third kappa shape index (κ3) is 3.12. The fraction of sp³-hybridized carbons (Fsp3) is 0.214. The van der Waals surface area contributed by atoms with Crippen molar-refractivity contribution in [2.45, 2.75) is 38.5 Å². The van der Waals surface area contributed by atoms with Gasteiger partial charge in [-0.15, -0.1) is 0 Å². The molecule has 0 unspecified atom stereocenters. The smallest absolute Gasteiger partial charge is 0.0743 e. The Hall–Kier alpha value is -3.46.